The van der Waals surface area contributed by atoms with Gasteiger partial charge < -0.3 is 14.2 Å². The van der Waals surface area contributed by atoms with Crippen molar-refractivity contribution < 1.29 is 72.0 Å². The van der Waals surface area contributed by atoms with Crippen LogP contribution in [0.1, 0.15) is 51.9 Å². The first-order valence-corrected chi connectivity index (χ1v) is 13.6. The molecule has 0 atom stereocenters. The minimum atomic E-state index is -6.84. The first-order valence-electron chi connectivity index (χ1n) is 13.6. The van der Waals surface area contributed by atoms with E-state index < -0.39 is 43.8 Å². The van der Waals surface area contributed by atoms with Gasteiger partial charge in [-0.25, -0.2) is 19.4 Å². The van der Waals surface area contributed by atoms with E-state index in [0.717, 1.165) is 19.3 Å². The van der Waals surface area contributed by atoms with E-state index in [9.17, 15) is 48.3 Å². The molecule has 0 radical (unpaired) electrons. The average Bonchev–Trinajstić information content (AvgIpc) is 2.93. The summed E-state index contributed by atoms with van der Waals surface area (Å²) in [7, 11) is 0. The molecule has 0 bridgehead atoms. The second kappa shape index (κ2) is 16.5. The molecule has 1 aromatic heterocycles. The zero-order chi connectivity index (χ0) is 33.8. The van der Waals surface area contributed by atoms with E-state index in [-0.39, 0.29) is 13.0 Å². The molecular formula is C27H31F11N2O5. The van der Waals surface area contributed by atoms with Crippen LogP contribution in [-0.2, 0) is 14.2 Å². The van der Waals surface area contributed by atoms with Crippen molar-refractivity contribution in [1.82, 2.24) is 9.97 Å². The summed E-state index contributed by atoms with van der Waals surface area (Å²) in [6.45, 7) is -0.0951. The fourth-order valence-corrected chi connectivity index (χ4v) is 3.41. The van der Waals surface area contributed by atoms with Gasteiger partial charge in [-0.05, 0) is 30.7 Å². The number of halogens is 11. The van der Waals surface area contributed by atoms with Gasteiger partial charge in [-0.15, -0.1) is 0 Å². The van der Waals surface area contributed by atoms with Crippen LogP contribution < -0.4 is 9.47 Å². The number of hydrogen-bond donors (Lipinski definition) is 0. The molecular weight excluding hydrogens is 641 g/mol. The van der Waals surface area contributed by atoms with Gasteiger partial charge in [-0.2, -0.15) is 48.3 Å². The molecule has 0 saturated heterocycles. The molecule has 0 N–H and O–H groups in total. The molecule has 7 nitrogen and oxygen atoms in total. The SMILES string of the molecule is CCCCCCCCOc1cnc(-c2ccc(OCCCOCC(F)(F)OC(F)(F)C(F)(F)OC(F)(F)C(F)(F)F)cc2)nc1. The molecule has 0 unspecified atom stereocenters. The maximum absolute atomic E-state index is 13.5. The standard InChI is InChI=1S/C27H31F11N2O5/c1-2-3-4-5-6-7-14-43-21-16-39-22(40-17-21)19-9-11-20(12-10-19)42-15-8-13-41-18-23(28,29)44-26(35,36)27(37,38)45-25(33,34)24(30,31)32/h9-12,16-17H,2-8,13-15,18H2,1H3. The molecule has 2 rings (SSSR count). The zero-order valence-corrected chi connectivity index (χ0v) is 23.8. The van der Waals surface area contributed by atoms with E-state index in [0.29, 0.717) is 29.5 Å². The van der Waals surface area contributed by atoms with Crippen molar-refractivity contribution in [2.75, 3.05) is 26.4 Å². The van der Waals surface area contributed by atoms with Crippen LogP contribution in [-0.4, -0.2) is 67.0 Å². The van der Waals surface area contributed by atoms with Crippen molar-refractivity contribution in [2.45, 2.75) is 82.5 Å². The van der Waals surface area contributed by atoms with Gasteiger partial charge >= 0.3 is 30.6 Å². The molecule has 256 valence electrons. The molecule has 0 amide bonds. The number of rotatable bonds is 21. The Balaban J connectivity index is 1.71. The maximum atomic E-state index is 13.5. The summed E-state index contributed by atoms with van der Waals surface area (Å²) in [4.78, 5) is 8.51. The molecule has 1 heterocycles. The average molecular weight is 673 g/mol. The number of ether oxygens (including phenoxy) is 5. The molecule has 0 aliphatic rings. The Morgan fingerprint density at radius 1 is 0.578 bits per heavy atom. The van der Waals surface area contributed by atoms with E-state index in [1.54, 1.807) is 41.4 Å². The molecule has 0 saturated carbocycles. The largest absolute Gasteiger partial charge is 0.494 e. The lowest BCUT2D eigenvalue weighted by molar-refractivity contribution is -0.537. The maximum Gasteiger partial charge on any atom is 0.483 e. The highest BCUT2D eigenvalue weighted by atomic mass is 19.4. The van der Waals surface area contributed by atoms with E-state index in [2.05, 4.69) is 26.4 Å². The zero-order valence-electron chi connectivity index (χ0n) is 23.8. The van der Waals surface area contributed by atoms with Crippen LogP contribution in [0.2, 0.25) is 0 Å². The normalized spacial score (nSPS) is 13.2. The predicted molar refractivity (Wildman–Crippen MR) is 135 cm³/mol. The molecule has 45 heavy (non-hydrogen) atoms. The van der Waals surface area contributed by atoms with Crippen molar-refractivity contribution in [2.24, 2.45) is 0 Å². The Morgan fingerprint density at radius 2 is 1.11 bits per heavy atom. The molecule has 0 spiro atoms. The van der Waals surface area contributed by atoms with Gasteiger partial charge in [0, 0.05) is 12.0 Å². The van der Waals surface area contributed by atoms with Crippen molar-refractivity contribution >= 4 is 0 Å². The number of alkyl halides is 11. The van der Waals surface area contributed by atoms with E-state index >= 15 is 0 Å². The van der Waals surface area contributed by atoms with Gasteiger partial charge in [0.1, 0.15) is 12.4 Å². The van der Waals surface area contributed by atoms with Gasteiger partial charge in [0.25, 0.3) is 0 Å². The number of benzene rings is 1. The van der Waals surface area contributed by atoms with Gasteiger partial charge in [-0.1, -0.05) is 39.0 Å². The van der Waals surface area contributed by atoms with Crippen LogP contribution in [0.5, 0.6) is 11.5 Å². The van der Waals surface area contributed by atoms with Gasteiger partial charge in [0.15, 0.2) is 11.6 Å². The highest BCUT2D eigenvalue weighted by Gasteiger charge is 2.72. The Kier molecular flexibility index (Phi) is 14.0. The second-order valence-corrected chi connectivity index (χ2v) is 9.53. The Hall–Kier alpha value is -2.99. The molecule has 18 heteroatoms. The lowest BCUT2D eigenvalue weighted by Gasteiger charge is -2.31. The Labute approximate surface area is 251 Å². The minimum Gasteiger partial charge on any atom is -0.494 e. The lowest BCUT2D eigenvalue weighted by atomic mass is 10.1. The number of hydrogen-bond acceptors (Lipinski definition) is 7. The van der Waals surface area contributed by atoms with Crippen LogP contribution >= 0.6 is 0 Å². The summed E-state index contributed by atoms with van der Waals surface area (Å²) >= 11 is 0. The Morgan fingerprint density at radius 3 is 1.71 bits per heavy atom. The predicted octanol–water partition coefficient (Wildman–Crippen LogP) is 8.64. The minimum absolute atomic E-state index is 0.116. The molecule has 0 aliphatic heterocycles. The van der Waals surface area contributed by atoms with Crippen molar-refractivity contribution in [1.29, 1.82) is 0 Å². The molecule has 0 aliphatic carbocycles. The summed E-state index contributed by atoms with van der Waals surface area (Å²) in [5, 5.41) is 0. The summed E-state index contributed by atoms with van der Waals surface area (Å²) in [6.07, 6.45) is -22.5. The smallest absolute Gasteiger partial charge is 0.483 e. The molecule has 0 fully saturated rings. The highest BCUT2D eigenvalue weighted by molar-refractivity contribution is 5.56. The first-order chi connectivity index (χ1) is 20.9. The third kappa shape index (κ3) is 12.7. The van der Waals surface area contributed by atoms with E-state index in [4.69, 9.17) is 9.47 Å². The number of nitrogens with zero attached hydrogens (tertiary/aromatic N) is 2. The van der Waals surface area contributed by atoms with Crippen LogP contribution in [0.25, 0.3) is 11.4 Å². The number of aromatic nitrogens is 2. The first kappa shape index (κ1) is 38.2. The van der Waals surface area contributed by atoms with Crippen LogP contribution in [0, 0.1) is 0 Å². The van der Waals surface area contributed by atoms with Crippen molar-refractivity contribution in [3.63, 3.8) is 0 Å². The van der Waals surface area contributed by atoms with Crippen LogP contribution in [0.3, 0.4) is 0 Å². The second-order valence-electron chi connectivity index (χ2n) is 9.53. The third-order valence-corrected chi connectivity index (χ3v) is 5.68. The lowest BCUT2D eigenvalue weighted by Crippen LogP contribution is -2.55. The Bertz CT molecular complexity index is 1140. The third-order valence-electron chi connectivity index (χ3n) is 5.68. The van der Waals surface area contributed by atoms with E-state index in [1.807, 2.05) is 0 Å². The van der Waals surface area contributed by atoms with Crippen LogP contribution in [0.15, 0.2) is 36.7 Å². The van der Waals surface area contributed by atoms with Crippen molar-refractivity contribution in [3.8, 4) is 22.9 Å². The van der Waals surface area contributed by atoms with E-state index in [1.165, 1.54) is 19.3 Å². The van der Waals surface area contributed by atoms with Gasteiger partial charge in [-0.3, -0.25) is 0 Å². The summed E-state index contributed by atoms with van der Waals surface area (Å²) < 4.78 is 161. The molecule has 1 aromatic carbocycles. The summed E-state index contributed by atoms with van der Waals surface area (Å²) in [6, 6.07) is 6.38. The topological polar surface area (TPSA) is 71.9 Å². The quantitative estimate of drug-likeness (QED) is 0.0972. The fourth-order valence-electron chi connectivity index (χ4n) is 3.41. The highest BCUT2D eigenvalue weighted by Crippen LogP contribution is 2.47. The van der Waals surface area contributed by atoms with Crippen LogP contribution in [0.4, 0.5) is 48.3 Å². The summed E-state index contributed by atoms with van der Waals surface area (Å²) in [5.41, 5.74) is 0.644. The molecule has 2 aromatic rings. The fraction of sp³-hybridized carbons (Fsp3) is 0.630. The monoisotopic (exact) mass is 672 g/mol. The summed E-state index contributed by atoms with van der Waals surface area (Å²) in [5.74, 6) is 1.28. The van der Waals surface area contributed by atoms with Crippen molar-refractivity contribution in [3.05, 3.63) is 36.7 Å². The number of unbranched alkanes of at least 4 members (excludes halogenated alkanes) is 5. The van der Waals surface area contributed by atoms with Gasteiger partial charge in [0.2, 0.25) is 0 Å². The van der Waals surface area contributed by atoms with Gasteiger partial charge in [0.05, 0.1) is 32.2 Å².